The van der Waals surface area contributed by atoms with Gasteiger partial charge < -0.3 is 4.74 Å². The monoisotopic (exact) mass is 317 g/mol. The zero-order chi connectivity index (χ0) is 13.2. The van der Waals surface area contributed by atoms with Gasteiger partial charge in [-0.05, 0) is 29.8 Å². The maximum absolute atomic E-state index is 5.28. The van der Waals surface area contributed by atoms with E-state index in [0.29, 0.717) is 0 Å². The van der Waals surface area contributed by atoms with Crippen molar-refractivity contribution in [3.05, 3.63) is 58.5 Å². The van der Waals surface area contributed by atoms with Crippen LogP contribution in [0.1, 0.15) is 11.4 Å². The van der Waals surface area contributed by atoms with Crippen LogP contribution >= 0.6 is 15.9 Å². The van der Waals surface area contributed by atoms with E-state index in [1.54, 1.807) is 7.11 Å². The maximum atomic E-state index is 5.28. The van der Waals surface area contributed by atoms with Crippen LogP contribution in [-0.2, 0) is 6.42 Å². The molecule has 0 saturated carbocycles. The minimum Gasteiger partial charge on any atom is -0.493 e. The number of pyridine rings is 1. The van der Waals surface area contributed by atoms with E-state index < -0.39 is 0 Å². The first-order chi connectivity index (χ1) is 9.28. The lowest BCUT2D eigenvalue weighted by molar-refractivity contribution is 0.416. The molecule has 3 rings (SSSR count). The van der Waals surface area contributed by atoms with E-state index in [2.05, 4.69) is 38.3 Å². The third-order valence-corrected chi connectivity index (χ3v) is 3.49. The zero-order valence-electron chi connectivity index (χ0n) is 10.4. The molecule has 2 aromatic heterocycles. The summed E-state index contributed by atoms with van der Waals surface area (Å²) >= 11 is 3.43. The number of hydrogen-bond donors (Lipinski definition) is 0. The van der Waals surface area contributed by atoms with Gasteiger partial charge in [0, 0.05) is 17.1 Å². The van der Waals surface area contributed by atoms with Crippen LogP contribution in [0.2, 0.25) is 0 Å². The molecule has 1 aromatic carbocycles. The van der Waals surface area contributed by atoms with Gasteiger partial charge in [0.05, 0.1) is 7.11 Å². The molecule has 2 heterocycles. The summed E-state index contributed by atoms with van der Waals surface area (Å²) in [7, 11) is 1.64. The second-order valence-corrected chi connectivity index (χ2v) is 5.11. The minimum atomic E-state index is 0.733. The van der Waals surface area contributed by atoms with E-state index in [9.17, 15) is 0 Å². The minimum absolute atomic E-state index is 0.733. The highest BCUT2D eigenvalue weighted by atomic mass is 79.9. The smallest absolute Gasteiger partial charge is 0.203 e. The van der Waals surface area contributed by atoms with Crippen LogP contribution in [0.3, 0.4) is 0 Å². The van der Waals surface area contributed by atoms with Crippen LogP contribution in [0.15, 0.2) is 47.1 Å². The van der Waals surface area contributed by atoms with E-state index in [1.807, 2.05) is 34.9 Å². The molecule has 3 aromatic rings. The van der Waals surface area contributed by atoms with Crippen LogP contribution < -0.4 is 4.74 Å². The molecule has 0 saturated heterocycles. The van der Waals surface area contributed by atoms with Crippen LogP contribution in [0.25, 0.3) is 5.65 Å². The SMILES string of the molecule is COc1cccn2c(Cc3ccc(Br)cc3)nnc12. The second kappa shape index (κ2) is 5.01. The highest BCUT2D eigenvalue weighted by Gasteiger charge is 2.09. The molecule has 0 unspecified atom stereocenters. The molecule has 0 aliphatic heterocycles. The van der Waals surface area contributed by atoms with Gasteiger partial charge in [0.1, 0.15) is 5.82 Å². The predicted octanol–water partition coefficient (Wildman–Crippen LogP) is 3.09. The van der Waals surface area contributed by atoms with Gasteiger partial charge in [0.2, 0.25) is 5.65 Å². The first-order valence-corrected chi connectivity index (χ1v) is 6.68. The summed E-state index contributed by atoms with van der Waals surface area (Å²) in [6.07, 6.45) is 2.69. The van der Waals surface area contributed by atoms with Gasteiger partial charge in [0.15, 0.2) is 5.75 Å². The fraction of sp³-hybridized carbons (Fsp3) is 0.143. The largest absolute Gasteiger partial charge is 0.493 e. The summed E-state index contributed by atoms with van der Waals surface area (Å²) in [5.74, 6) is 1.63. The maximum Gasteiger partial charge on any atom is 0.203 e. The quantitative estimate of drug-likeness (QED) is 0.745. The number of halogens is 1. The number of ether oxygens (including phenoxy) is 1. The van der Waals surface area contributed by atoms with Gasteiger partial charge in [-0.25, -0.2) is 0 Å². The fourth-order valence-corrected chi connectivity index (χ4v) is 2.27. The third-order valence-electron chi connectivity index (χ3n) is 2.96. The molecule has 96 valence electrons. The predicted molar refractivity (Wildman–Crippen MR) is 76.5 cm³/mol. The second-order valence-electron chi connectivity index (χ2n) is 4.19. The van der Waals surface area contributed by atoms with Crippen molar-refractivity contribution in [2.24, 2.45) is 0 Å². The van der Waals surface area contributed by atoms with Crippen molar-refractivity contribution in [2.75, 3.05) is 7.11 Å². The Bertz CT molecular complexity index is 706. The molecule has 19 heavy (non-hydrogen) atoms. The molecule has 0 fully saturated rings. The summed E-state index contributed by atoms with van der Waals surface area (Å²) in [5, 5.41) is 8.42. The Hall–Kier alpha value is -1.88. The Kier molecular flexibility index (Phi) is 3.21. The lowest BCUT2D eigenvalue weighted by Gasteiger charge is -2.03. The van der Waals surface area contributed by atoms with Crippen molar-refractivity contribution in [2.45, 2.75) is 6.42 Å². The Morgan fingerprint density at radius 3 is 2.68 bits per heavy atom. The zero-order valence-corrected chi connectivity index (χ0v) is 12.0. The van der Waals surface area contributed by atoms with Crippen molar-refractivity contribution in [3.63, 3.8) is 0 Å². The highest BCUT2D eigenvalue weighted by Crippen LogP contribution is 2.19. The van der Waals surface area contributed by atoms with Crippen molar-refractivity contribution >= 4 is 21.6 Å². The molecule has 0 N–H and O–H groups in total. The summed E-state index contributed by atoms with van der Waals surface area (Å²) in [6, 6.07) is 12.0. The topological polar surface area (TPSA) is 39.4 Å². The molecule has 0 amide bonds. The van der Waals surface area contributed by atoms with E-state index in [4.69, 9.17) is 4.74 Å². The average Bonchev–Trinajstić information content (AvgIpc) is 2.84. The molecule has 0 bridgehead atoms. The fourth-order valence-electron chi connectivity index (χ4n) is 2.00. The molecule has 0 spiro atoms. The van der Waals surface area contributed by atoms with Gasteiger partial charge in [-0.3, -0.25) is 4.40 Å². The summed E-state index contributed by atoms with van der Waals surface area (Å²) in [4.78, 5) is 0. The number of methoxy groups -OCH3 is 1. The lowest BCUT2D eigenvalue weighted by atomic mass is 10.1. The first-order valence-electron chi connectivity index (χ1n) is 5.89. The van der Waals surface area contributed by atoms with Crippen molar-refractivity contribution < 1.29 is 4.74 Å². The van der Waals surface area contributed by atoms with E-state index in [-0.39, 0.29) is 0 Å². The van der Waals surface area contributed by atoms with Crippen molar-refractivity contribution in [3.8, 4) is 5.75 Å². The number of benzene rings is 1. The Morgan fingerprint density at radius 2 is 1.95 bits per heavy atom. The average molecular weight is 318 g/mol. The van der Waals surface area contributed by atoms with Crippen molar-refractivity contribution in [1.29, 1.82) is 0 Å². The summed E-state index contributed by atoms with van der Waals surface area (Å²) in [6.45, 7) is 0. The summed E-state index contributed by atoms with van der Waals surface area (Å²) in [5.41, 5.74) is 1.94. The number of rotatable bonds is 3. The van der Waals surface area contributed by atoms with E-state index in [1.165, 1.54) is 5.56 Å². The van der Waals surface area contributed by atoms with Crippen LogP contribution in [0.4, 0.5) is 0 Å². The van der Waals surface area contributed by atoms with Crippen LogP contribution in [0.5, 0.6) is 5.75 Å². The third kappa shape index (κ3) is 2.33. The molecule has 4 nitrogen and oxygen atoms in total. The molecule has 0 aliphatic rings. The Balaban J connectivity index is 1.99. The molecular weight excluding hydrogens is 306 g/mol. The van der Waals surface area contributed by atoms with Crippen molar-refractivity contribution in [1.82, 2.24) is 14.6 Å². The Morgan fingerprint density at radius 1 is 1.16 bits per heavy atom. The van der Waals surface area contributed by atoms with Gasteiger partial charge in [0.25, 0.3) is 0 Å². The number of hydrogen-bond acceptors (Lipinski definition) is 3. The Labute approximate surface area is 119 Å². The standard InChI is InChI=1S/C14H12BrN3O/c1-19-12-3-2-8-18-13(16-17-14(12)18)9-10-4-6-11(15)7-5-10/h2-8H,9H2,1H3. The van der Waals surface area contributed by atoms with Crippen LogP contribution in [-0.4, -0.2) is 21.7 Å². The van der Waals surface area contributed by atoms with Gasteiger partial charge in [-0.15, -0.1) is 10.2 Å². The number of fused-ring (bicyclic) bond motifs is 1. The van der Waals surface area contributed by atoms with E-state index in [0.717, 1.165) is 28.1 Å². The molecular formula is C14H12BrN3O. The van der Waals surface area contributed by atoms with Crippen LogP contribution in [0, 0.1) is 0 Å². The molecule has 0 atom stereocenters. The first kappa shape index (κ1) is 12.2. The van der Waals surface area contributed by atoms with Gasteiger partial charge >= 0.3 is 0 Å². The van der Waals surface area contributed by atoms with Gasteiger partial charge in [-0.2, -0.15) is 0 Å². The summed E-state index contributed by atoms with van der Waals surface area (Å²) < 4.78 is 8.31. The molecule has 0 radical (unpaired) electrons. The van der Waals surface area contributed by atoms with E-state index >= 15 is 0 Å². The normalized spacial score (nSPS) is 10.8. The van der Waals surface area contributed by atoms with Gasteiger partial charge in [-0.1, -0.05) is 28.1 Å². The lowest BCUT2D eigenvalue weighted by Crippen LogP contribution is -1.97. The molecule has 5 heteroatoms. The number of aromatic nitrogens is 3. The highest BCUT2D eigenvalue weighted by molar-refractivity contribution is 9.10. The number of nitrogens with zero attached hydrogens (tertiary/aromatic N) is 3. The molecule has 0 aliphatic carbocycles.